The molecule has 1 aromatic carbocycles. The zero-order chi connectivity index (χ0) is 12.5. The fraction of sp³-hybridized carbons (Fsp3) is 0.273. The maximum absolute atomic E-state index is 11.7. The van der Waals surface area contributed by atoms with Crippen molar-refractivity contribution in [3.63, 3.8) is 0 Å². The number of rotatable bonds is 6. The molecule has 92 valence electrons. The lowest BCUT2D eigenvalue weighted by Crippen LogP contribution is -2.29. The van der Waals surface area contributed by atoms with Crippen LogP contribution in [0.15, 0.2) is 35.3 Å². The number of hydrogen-bond acceptors (Lipinski definition) is 4. The minimum Gasteiger partial charge on any atom is -0.459 e. The van der Waals surface area contributed by atoms with Crippen LogP contribution in [-0.2, 0) is 16.1 Å². The van der Waals surface area contributed by atoms with Gasteiger partial charge in [0, 0.05) is 6.54 Å². The van der Waals surface area contributed by atoms with Crippen LogP contribution >= 0.6 is 34.4 Å². The first kappa shape index (κ1) is 14.4. The molecule has 0 heterocycles. The molecule has 1 N–H and O–H groups in total. The predicted molar refractivity (Wildman–Crippen MR) is 76.4 cm³/mol. The molecule has 0 spiro atoms. The van der Waals surface area contributed by atoms with E-state index in [1.165, 1.54) is 4.22 Å². The highest BCUT2D eigenvalue weighted by molar-refractivity contribution is 14.1. The molecular formula is C11H12ClIN2O2. The highest BCUT2D eigenvalue weighted by Crippen LogP contribution is 2.03. The van der Waals surface area contributed by atoms with Crippen molar-refractivity contribution in [3.05, 3.63) is 35.9 Å². The molecule has 4 nitrogen and oxygen atoms in total. The summed E-state index contributed by atoms with van der Waals surface area (Å²) in [5.74, 6) is -0.394. The Bertz CT molecular complexity index is 373. The van der Waals surface area contributed by atoms with E-state index in [4.69, 9.17) is 16.5 Å². The number of nitrogens with zero attached hydrogens (tertiary/aromatic N) is 1. The molecule has 0 fully saturated rings. The zero-order valence-corrected chi connectivity index (χ0v) is 11.9. The second kappa shape index (κ2) is 8.43. The van der Waals surface area contributed by atoms with E-state index < -0.39 is 12.0 Å². The van der Waals surface area contributed by atoms with Crippen molar-refractivity contribution in [2.24, 2.45) is 4.99 Å². The van der Waals surface area contributed by atoms with Crippen LogP contribution in [0.4, 0.5) is 0 Å². The van der Waals surface area contributed by atoms with Gasteiger partial charge in [-0.05, 0) is 39.9 Å². The fourth-order valence-electron chi connectivity index (χ4n) is 1.16. The number of hydrogen-bond donors (Lipinski definition) is 1. The Morgan fingerprint density at radius 1 is 1.53 bits per heavy atom. The topological polar surface area (TPSA) is 50.7 Å². The SMILES string of the molecule is O=C(OCc1ccccc1)[C@H](CNCl)N=CI. The van der Waals surface area contributed by atoms with E-state index in [9.17, 15) is 4.79 Å². The van der Waals surface area contributed by atoms with Gasteiger partial charge in [-0.3, -0.25) is 4.99 Å². The van der Waals surface area contributed by atoms with Crippen LogP contribution in [-0.4, -0.2) is 22.8 Å². The Labute approximate surface area is 119 Å². The fourth-order valence-corrected chi connectivity index (χ4v) is 1.70. The number of nitrogens with one attached hydrogen (secondary N) is 1. The Morgan fingerprint density at radius 3 is 2.82 bits per heavy atom. The number of carbonyl (C=O) groups excluding carboxylic acids is 1. The van der Waals surface area contributed by atoms with E-state index in [0.29, 0.717) is 0 Å². The number of benzene rings is 1. The highest BCUT2D eigenvalue weighted by Gasteiger charge is 2.17. The summed E-state index contributed by atoms with van der Waals surface area (Å²) in [7, 11) is 0. The number of halogens is 2. The Hall–Kier alpha value is -0.660. The van der Waals surface area contributed by atoms with E-state index >= 15 is 0 Å². The molecule has 1 atom stereocenters. The van der Waals surface area contributed by atoms with E-state index in [1.807, 2.05) is 52.9 Å². The van der Waals surface area contributed by atoms with Gasteiger partial charge in [0.15, 0.2) is 6.04 Å². The molecule has 0 aliphatic rings. The van der Waals surface area contributed by atoms with Crippen molar-refractivity contribution in [1.29, 1.82) is 0 Å². The van der Waals surface area contributed by atoms with Crippen molar-refractivity contribution in [2.75, 3.05) is 6.54 Å². The van der Waals surface area contributed by atoms with Gasteiger partial charge in [-0.1, -0.05) is 30.3 Å². The molecule has 1 rings (SSSR count). The molecule has 6 heteroatoms. The summed E-state index contributed by atoms with van der Waals surface area (Å²) < 4.78 is 6.67. The lowest BCUT2D eigenvalue weighted by atomic mass is 10.2. The lowest BCUT2D eigenvalue weighted by molar-refractivity contribution is -0.146. The molecule has 0 aliphatic carbocycles. The average Bonchev–Trinajstić information content (AvgIpc) is 2.37. The van der Waals surface area contributed by atoms with Crippen LogP contribution in [0.2, 0.25) is 0 Å². The molecule has 0 saturated carbocycles. The summed E-state index contributed by atoms with van der Waals surface area (Å²) in [6.45, 7) is 0.490. The van der Waals surface area contributed by atoms with Gasteiger partial charge < -0.3 is 4.74 Å². The predicted octanol–water partition coefficient (Wildman–Crippen LogP) is 2.31. The Kier molecular flexibility index (Phi) is 7.14. The third-order valence-corrected chi connectivity index (χ3v) is 2.48. The molecule has 17 heavy (non-hydrogen) atoms. The molecule has 0 unspecified atom stereocenters. The van der Waals surface area contributed by atoms with Crippen molar-refractivity contribution < 1.29 is 9.53 Å². The largest absolute Gasteiger partial charge is 0.459 e. The summed E-state index contributed by atoms with van der Waals surface area (Å²) in [4.78, 5) is 18.0. The first-order chi connectivity index (χ1) is 8.27. The monoisotopic (exact) mass is 366 g/mol. The summed E-state index contributed by atoms with van der Waals surface area (Å²) in [6, 6.07) is 8.88. The molecular weight excluding hydrogens is 354 g/mol. The van der Waals surface area contributed by atoms with E-state index in [1.54, 1.807) is 0 Å². The van der Waals surface area contributed by atoms with Crippen LogP contribution in [0.1, 0.15) is 5.56 Å². The third-order valence-electron chi connectivity index (χ3n) is 2.00. The molecule has 0 bridgehead atoms. The third kappa shape index (κ3) is 5.47. The summed E-state index contributed by atoms with van der Waals surface area (Å²) in [6.07, 6.45) is 0. The Balaban J connectivity index is 2.47. The van der Waals surface area contributed by atoms with Gasteiger partial charge in [-0.25, -0.2) is 9.63 Å². The summed E-state index contributed by atoms with van der Waals surface area (Å²) in [5.41, 5.74) is 0.942. The van der Waals surface area contributed by atoms with Gasteiger partial charge in [0.1, 0.15) is 6.61 Å². The first-order valence-electron chi connectivity index (χ1n) is 4.94. The first-order valence-corrected chi connectivity index (χ1v) is 6.56. The second-order valence-electron chi connectivity index (χ2n) is 3.19. The maximum atomic E-state index is 11.7. The van der Waals surface area contributed by atoms with Crippen LogP contribution in [0.3, 0.4) is 0 Å². The van der Waals surface area contributed by atoms with Gasteiger partial charge in [0.2, 0.25) is 0 Å². The highest BCUT2D eigenvalue weighted by atomic mass is 127. The molecule has 1 aromatic rings. The Morgan fingerprint density at radius 2 is 2.24 bits per heavy atom. The lowest BCUT2D eigenvalue weighted by Gasteiger charge is -2.10. The maximum Gasteiger partial charge on any atom is 0.332 e. The standard InChI is InChI=1S/C11H12ClIN2O2/c12-15-6-10(14-8-13)11(16)17-7-9-4-2-1-3-5-9/h1-5,8,10,15H,6-7H2/t10-/m0/s1. The van der Waals surface area contributed by atoms with Gasteiger partial charge in [0.05, 0.1) is 4.22 Å². The minimum absolute atomic E-state index is 0.245. The van der Waals surface area contributed by atoms with Gasteiger partial charge in [-0.15, -0.1) is 0 Å². The van der Waals surface area contributed by atoms with Gasteiger partial charge in [-0.2, -0.15) is 0 Å². The summed E-state index contributed by atoms with van der Waals surface area (Å²) >= 11 is 7.30. The molecule has 0 radical (unpaired) electrons. The molecule has 0 saturated heterocycles. The number of esters is 1. The zero-order valence-electron chi connectivity index (χ0n) is 8.98. The second-order valence-corrected chi connectivity index (χ2v) is 4.02. The normalized spacial score (nSPS) is 12.6. The molecule has 0 aliphatic heterocycles. The minimum atomic E-state index is -0.604. The average molecular weight is 367 g/mol. The summed E-state index contributed by atoms with van der Waals surface area (Å²) in [5, 5.41) is 0. The molecule has 0 amide bonds. The van der Waals surface area contributed by atoms with Crippen molar-refractivity contribution in [1.82, 2.24) is 4.84 Å². The van der Waals surface area contributed by atoms with E-state index in [-0.39, 0.29) is 13.2 Å². The van der Waals surface area contributed by atoms with E-state index in [2.05, 4.69) is 9.83 Å². The number of carbonyl (C=O) groups is 1. The van der Waals surface area contributed by atoms with Crippen molar-refractivity contribution in [3.8, 4) is 0 Å². The molecule has 0 aromatic heterocycles. The van der Waals surface area contributed by atoms with Crippen LogP contribution in [0.5, 0.6) is 0 Å². The van der Waals surface area contributed by atoms with Crippen molar-refractivity contribution >= 4 is 44.6 Å². The van der Waals surface area contributed by atoms with Crippen LogP contribution in [0, 0.1) is 0 Å². The smallest absolute Gasteiger partial charge is 0.332 e. The number of ether oxygens (including phenoxy) is 1. The van der Waals surface area contributed by atoms with Gasteiger partial charge >= 0.3 is 5.97 Å². The van der Waals surface area contributed by atoms with E-state index in [0.717, 1.165) is 5.56 Å². The van der Waals surface area contributed by atoms with Crippen LogP contribution < -0.4 is 4.84 Å². The quantitative estimate of drug-likeness (QED) is 0.364. The van der Waals surface area contributed by atoms with Crippen LogP contribution in [0.25, 0.3) is 0 Å². The number of aliphatic imine (C=N–C) groups is 1. The van der Waals surface area contributed by atoms with Crippen molar-refractivity contribution in [2.45, 2.75) is 12.6 Å². The van der Waals surface area contributed by atoms with Gasteiger partial charge in [0.25, 0.3) is 0 Å².